The topological polar surface area (TPSA) is 80.2 Å². The lowest BCUT2D eigenvalue weighted by atomic mass is 9.82. The van der Waals surface area contributed by atoms with Gasteiger partial charge in [-0.05, 0) is 31.5 Å². The molecule has 2 heterocycles. The Balaban J connectivity index is 2.08. The van der Waals surface area contributed by atoms with Gasteiger partial charge in [-0.25, -0.2) is 0 Å². The summed E-state index contributed by atoms with van der Waals surface area (Å²) in [4.78, 5) is 14.9. The first-order valence-electron chi connectivity index (χ1n) is 9.05. The van der Waals surface area contributed by atoms with Gasteiger partial charge in [0, 0.05) is 30.9 Å². The first-order valence-corrected chi connectivity index (χ1v) is 9.05. The molecule has 0 bridgehead atoms. The van der Waals surface area contributed by atoms with Gasteiger partial charge in [0.25, 0.3) is 5.91 Å². The number of pyridine rings is 1. The fourth-order valence-electron chi connectivity index (χ4n) is 3.57. The third kappa shape index (κ3) is 3.49. The zero-order chi connectivity index (χ0) is 19.4. The summed E-state index contributed by atoms with van der Waals surface area (Å²) in [5, 5.41) is 22.2. The van der Waals surface area contributed by atoms with E-state index in [0.29, 0.717) is 0 Å². The molecule has 1 amide bonds. The third-order valence-corrected chi connectivity index (χ3v) is 4.95. The van der Waals surface area contributed by atoms with E-state index >= 15 is 0 Å². The van der Waals surface area contributed by atoms with Crippen molar-refractivity contribution in [2.45, 2.75) is 25.8 Å². The van der Waals surface area contributed by atoms with Gasteiger partial charge < -0.3 is 10.0 Å². The Hall–Kier alpha value is -3.33. The first kappa shape index (κ1) is 18.5. The van der Waals surface area contributed by atoms with E-state index in [4.69, 9.17) is 0 Å². The molecule has 1 aliphatic rings. The number of aromatic nitrogens is 1. The molecule has 0 aliphatic carbocycles. The smallest absolute Gasteiger partial charge is 0.296 e. The van der Waals surface area contributed by atoms with Gasteiger partial charge in [0.2, 0.25) is 11.9 Å². The van der Waals surface area contributed by atoms with Crippen molar-refractivity contribution < 1.29 is 14.5 Å². The van der Waals surface area contributed by atoms with E-state index in [2.05, 4.69) is 30.1 Å². The monoisotopic (exact) mass is 363 g/mol. The van der Waals surface area contributed by atoms with Crippen LogP contribution in [0, 0.1) is 11.3 Å². The van der Waals surface area contributed by atoms with Gasteiger partial charge in [0.15, 0.2) is 12.4 Å². The van der Waals surface area contributed by atoms with E-state index in [1.54, 1.807) is 17.0 Å². The number of anilines is 1. The Morgan fingerprint density at radius 3 is 2.33 bits per heavy atom. The minimum absolute atomic E-state index is 0.159. The second-order valence-electron chi connectivity index (χ2n) is 6.37. The highest BCUT2D eigenvalue weighted by atomic mass is 16.3. The van der Waals surface area contributed by atoms with Crippen molar-refractivity contribution >= 4 is 11.6 Å². The van der Waals surface area contributed by atoms with Crippen molar-refractivity contribution in [3.63, 3.8) is 0 Å². The molecule has 6 nitrogen and oxygen atoms in total. The van der Waals surface area contributed by atoms with Gasteiger partial charge in [-0.2, -0.15) is 9.83 Å². The molecule has 2 atom stereocenters. The van der Waals surface area contributed by atoms with Crippen LogP contribution in [0.25, 0.3) is 0 Å². The number of nitrogens with zero attached hydrogens (tertiary/aromatic N) is 3. The molecular formula is C21H23N4O2+. The molecule has 1 aromatic heterocycles. The number of nitriles is 1. The summed E-state index contributed by atoms with van der Waals surface area (Å²) in [6.45, 7) is 5.99. The average molecular weight is 363 g/mol. The predicted octanol–water partition coefficient (Wildman–Crippen LogP) is 2.57. The van der Waals surface area contributed by atoms with E-state index < -0.39 is 12.0 Å². The fourth-order valence-corrected chi connectivity index (χ4v) is 3.57. The van der Waals surface area contributed by atoms with Gasteiger partial charge in [-0.1, -0.05) is 18.2 Å². The maximum Gasteiger partial charge on any atom is 0.296 e. The number of hydrogen-bond acceptors (Lipinski definition) is 4. The van der Waals surface area contributed by atoms with Crippen LogP contribution in [-0.2, 0) is 4.79 Å². The van der Waals surface area contributed by atoms with E-state index in [-0.39, 0.29) is 17.4 Å². The third-order valence-electron chi connectivity index (χ3n) is 4.95. The molecule has 1 aliphatic heterocycles. The molecular weight excluding hydrogens is 340 g/mol. The second-order valence-corrected chi connectivity index (χ2v) is 6.37. The van der Waals surface area contributed by atoms with E-state index in [0.717, 1.165) is 24.3 Å². The Bertz CT molecular complexity index is 881. The zero-order valence-corrected chi connectivity index (χ0v) is 15.5. The lowest BCUT2D eigenvalue weighted by Gasteiger charge is -2.28. The van der Waals surface area contributed by atoms with E-state index in [1.165, 1.54) is 0 Å². The lowest BCUT2D eigenvalue weighted by Crippen LogP contribution is -2.53. The molecule has 6 heteroatoms. The highest BCUT2D eigenvalue weighted by Gasteiger charge is 2.45. The first-order chi connectivity index (χ1) is 13.1. The molecule has 0 unspecified atom stereocenters. The average Bonchev–Trinajstić information content (AvgIpc) is 2.69. The van der Waals surface area contributed by atoms with Crippen molar-refractivity contribution in [2.24, 2.45) is 0 Å². The van der Waals surface area contributed by atoms with Crippen LogP contribution in [0.4, 0.5) is 5.69 Å². The summed E-state index contributed by atoms with van der Waals surface area (Å²) in [5.74, 6) is -1.28. The summed E-state index contributed by atoms with van der Waals surface area (Å²) < 4.78 is 1.77. The molecule has 0 spiro atoms. The van der Waals surface area contributed by atoms with Crippen LogP contribution in [0.1, 0.15) is 31.4 Å². The number of nitrogens with one attached hydrogen (secondary N) is 1. The number of rotatable bonds is 5. The largest absolute Gasteiger partial charge is 0.494 e. The van der Waals surface area contributed by atoms with Crippen molar-refractivity contribution in [2.75, 3.05) is 18.0 Å². The number of carbonyl (C=O) groups is 1. The molecule has 138 valence electrons. The molecule has 2 N–H and O–H groups in total. The molecule has 1 aromatic carbocycles. The minimum Gasteiger partial charge on any atom is -0.494 e. The van der Waals surface area contributed by atoms with Gasteiger partial charge in [0.05, 0.1) is 5.92 Å². The van der Waals surface area contributed by atoms with Crippen molar-refractivity contribution in [1.29, 1.82) is 5.26 Å². The summed E-state index contributed by atoms with van der Waals surface area (Å²) >= 11 is 0. The van der Waals surface area contributed by atoms with Crippen molar-refractivity contribution in [3.05, 3.63) is 71.9 Å². The summed E-state index contributed by atoms with van der Waals surface area (Å²) in [6, 6.07) is 14.8. The Morgan fingerprint density at radius 1 is 1.15 bits per heavy atom. The number of allylic oxidation sites excluding steroid dienone is 1. The molecule has 0 saturated heterocycles. The van der Waals surface area contributed by atoms with Gasteiger partial charge in [-0.3, -0.25) is 10.1 Å². The zero-order valence-electron chi connectivity index (χ0n) is 15.5. The van der Waals surface area contributed by atoms with Crippen LogP contribution in [0.3, 0.4) is 0 Å². The number of amides is 1. The molecule has 2 aromatic rings. The number of benzene rings is 1. The highest BCUT2D eigenvalue weighted by molar-refractivity contribution is 5.84. The Morgan fingerprint density at radius 2 is 1.78 bits per heavy atom. The molecule has 0 fully saturated rings. The number of hydrogen-bond donors (Lipinski definition) is 2. The number of aliphatic hydroxyl groups excluding tert-OH is 1. The van der Waals surface area contributed by atoms with Crippen LogP contribution in [0.5, 0.6) is 0 Å². The maximum absolute atomic E-state index is 12.7. The number of carbonyl (C=O) groups excluding carboxylic acids is 1. The van der Waals surface area contributed by atoms with Crippen LogP contribution >= 0.6 is 0 Å². The molecule has 0 saturated carbocycles. The maximum atomic E-state index is 12.7. The predicted molar refractivity (Wildman–Crippen MR) is 102 cm³/mol. The van der Waals surface area contributed by atoms with Crippen molar-refractivity contribution in [3.8, 4) is 6.07 Å². The fraction of sp³-hybridized carbons (Fsp3) is 0.286. The molecule has 0 radical (unpaired) electrons. The Labute approximate surface area is 159 Å². The summed E-state index contributed by atoms with van der Waals surface area (Å²) in [5.41, 5.74) is 2.05. The van der Waals surface area contributed by atoms with Crippen LogP contribution in [0.2, 0.25) is 0 Å². The minimum atomic E-state index is -0.656. The van der Waals surface area contributed by atoms with Gasteiger partial charge in [-0.15, -0.1) is 0 Å². The van der Waals surface area contributed by atoms with Gasteiger partial charge in [0.1, 0.15) is 11.6 Å². The van der Waals surface area contributed by atoms with Crippen LogP contribution in [-0.4, -0.2) is 24.1 Å². The normalized spacial score (nSPS) is 19.4. The lowest BCUT2D eigenvalue weighted by molar-refractivity contribution is -0.711. The standard InChI is InChI=1S/C21H22N4O2/c1-3-24(4-2)16-10-8-15(9-11-16)18-17(14-22)20(26)23-21(27)19(18)25-12-6-5-7-13-25/h5-13,18-19H,3-4H2,1-2H3,(H-,23,26,27)/p+1/t18-,19-/m0/s1. The number of aliphatic hydroxyl groups is 1. The quantitative estimate of drug-likeness (QED) is 0.800. The summed E-state index contributed by atoms with van der Waals surface area (Å²) in [6.07, 6.45) is 3.58. The van der Waals surface area contributed by atoms with E-state index in [1.807, 2.05) is 42.5 Å². The highest BCUT2D eigenvalue weighted by Crippen LogP contribution is 2.37. The van der Waals surface area contributed by atoms with E-state index in [9.17, 15) is 15.2 Å². The van der Waals surface area contributed by atoms with Crippen LogP contribution in [0.15, 0.2) is 66.3 Å². The van der Waals surface area contributed by atoms with Gasteiger partial charge >= 0.3 is 0 Å². The summed E-state index contributed by atoms with van der Waals surface area (Å²) in [7, 11) is 0. The SMILES string of the molecule is CCN(CC)c1ccc([C@H]2C(C#N)=C(O)NC(=O)[C@H]2[n+]2ccccc2)cc1. The van der Waals surface area contributed by atoms with Crippen LogP contribution < -0.4 is 14.8 Å². The second kappa shape index (κ2) is 7.92. The Kier molecular flexibility index (Phi) is 5.41. The molecule has 3 rings (SSSR count). The molecule has 27 heavy (non-hydrogen) atoms. The van der Waals surface area contributed by atoms with Crippen molar-refractivity contribution in [1.82, 2.24) is 5.32 Å².